The number of aliphatic carboxylic acids is 2. The van der Waals surface area contributed by atoms with Crippen molar-refractivity contribution in [1.29, 1.82) is 0 Å². The van der Waals surface area contributed by atoms with Gasteiger partial charge < -0.3 is 55.6 Å². The average molecular weight is 1490 g/mol. The molecule has 2 rings (SSSR count). The smallest absolute Gasteiger partial charge is 0.335 e. The number of carbonyl (C=O) groups excluding carboxylic acids is 1. The van der Waals surface area contributed by atoms with E-state index in [0.29, 0.717) is 38.2 Å². The van der Waals surface area contributed by atoms with Crippen molar-refractivity contribution in [3.8, 4) is 0 Å². The van der Waals surface area contributed by atoms with Crippen LogP contribution in [0.4, 0.5) is 0 Å². The number of halogens is 6. The van der Waals surface area contributed by atoms with Gasteiger partial charge in [0.25, 0.3) is 0 Å². The van der Waals surface area contributed by atoms with Gasteiger partial charge in [0, 0.05) is 103 Å². The zero-order valence-corrected chi connectivity index (χ0v) is 43.9. The first kappa shape index (κ1) is 71.2. The maximum atomic E-state index is 10.2. The second kappa shape index (κ2) is 55.5. The number of carbonyl (C=O) groups is 4. The maximum absolute atomic E-state index is 10.2. The molecule has 0 fully saturated rings. The van der Waals surface area contributed by atoms with E-state index in [4.69, 9.17) is 32.5 Å². The van der Waals surface area contributed by atoms with Crippen LogP contribution in [0.25, 0.3) is 0 Å². The van der Waals surface area contributed by atoms with Gasteiger partial charge in [-0.05, 0) is 49.9 Å². The number of aromatic carboxylic acids is 2. The van der Waals surface area contributed by atoms with E-state index in [0.717, 1.165) is 25.8 Å². The fourth-order valence-corrected chi connectivity index (χ4v) is 2.27. The summed E-state index contributed by atoms with van der Waals surface area (Å²) in [6, 6.07) is 14.9. The third-order valence-corrected chi connectivity index (χ3v) is 4.40. The Bertz CT molecular complexity index is 902. The molecule has 0 heterocycles. The van der Waals surface area contributed by atoms with Crippen LogP contribution in [0, 0.1) is 7.43 Å². The van der Waals surface area contributed by atoms with Crippen molar-refractivity contribution in [2.45, 2.75) is 51.6 Å². The van der Waals surface area contributed by atoms with E-state index in [9.17, 15) is 24.3 Å². The van der Waals surface area contributed by atoms with Gasteiger partial charge in [0.1, 0.15) is 12.1 Å². The second-order valence-electron chi connectivity index (χ2n) is 7.55. The largest absolute Gasteiger partial charge is 0.545 e. The summed E-state index contributed by atoms with van der Waals surface area (Å²) in [5.41, 5.74) is 19.7. The van der Waals surface area contributed by atoms with Crippen molar-refractivity contribution < 1.29 is 124 Å². The minimum absolute atomic E-state index is 0. The van der Waals surface area contributed by atoms with E-state index < -0.39 is 36.0 Å². The molecule has 12 N–H and O–H groups in total. The van der Waals surface area contributed by atoms with Gasteiger partial charge in [-0.3, -0.25) is 9.59 Å². The normalized spacial score (nSPS) is 9.28. The minimum Gasteiger partial charge on any atom is -0.545 e. The van der Waals surface area contributed by atoms with Crippen LogP contribution in [0.1, 0.15) is 60.2 Å². The summed E-state index contributed by atoms with van der Waals surface area (Å²) >= 11 is 9.54. The molecule has 0 unspecified atom stereocenters. The number of hydrogen-bond donors (Lipinski definition) is 7. The summed E-state index contributed by atoms with van der Waals surface area (Å²) < 4.78 is 0. The van der Waals surface area contributed by atoms with Crippen LogP contribution in [0.15, 0.2) is 60.7 Å². The molecular formula is C27H46I6N4O8Y2-2. The number of hydrogen-bond acceptors (Lipinski definition) is 8. The molecule has 20 heteroatoms. The van der Waals surface area contributed by atoms with Gasteiger partial charge in [-0.2, -0.15) is 0 Å². The number of carboxylic acids is 4. The van der Waals surface area contributed by atoms with Gasteiger partial charge in [-0.25, -0.2) is 4.79 Å². The van der Waals surface area contributed by atoms with E-state index in [1.54, 1.807) is 48.5 Å². The zero-order chi connectivity index (χ0) is 33.3. The molecule has 0 aromatic heterocycles. The van der Waals surface area contributed by atoms with Gasteiger partial charge in [0.2, 0.25) is 0 Å². The van der Waals surface area contributed by atoms with Gasteiger partial charge >= 0.3 is 68.4 Å². The standard InChI is InChI=1S/2C7H6O2.C6H14N2O2.C5H12N2O2.CH4.CH3.I3.I2.HI.2Y/c2*8-7(9)6-4-2-1-3-5-6;7-4-2-1-3-5(8)6(9)10;6-3-1-2-4(7)5(8)9;;;1-3-2;1-2;;;/h2*1-5H,(H,8,9);5H,1-4,7-8H2,(H,9,10);4H,1-3,6-7H2,(H,8,9);1H4;1H3;;;1H;;/q;;;;;2*-1;;;;/t;;5-;4-;;;;;;;/m..00......./s1. The Kier molecular flexibility index (Phi) is 84.1. The van der Waals surface area contributed by atoms with Gasteiger partial charge in [0.05, 0.1) is 18.1 Å². The van der Waals surface area contributed by atoms with Crippen molar-refractivity contribution >= 4 is 122 Å². The zero-order valence-electron chi connectivity index (χ0n) is 25.2. The summed E-state index contributed by atoms with van der Waals surface area (Å²) in [5, 5.41) is 35.1. The molecular weight excluding hydrogens is 1450 g/mol. The topological polar surface area (TPSA) is 258 Å². The maximum Gasteiger partial charge on any atom is 0.335 e. The first-order chi connectivity index (χ1) is 19.9. The number of unbranched alkanes of at least 4 members (excludes halogenated alkanes) is 1. The molecule has 0 amide bonds. The number of quaternary nitrogens is 1. The van der Waals surface area contributed by atoms with Crippen molar-refractivity contribution in [2.24, 2.45) is 17.2 Å². The molecule has 47 heavy (non-hydrogen) atoms. The third-order valence-electron chi connectivity index (χ3n) is 4.40. The molecule has 2 atom stereocenters. The molecule has 2 radical (unpaired) electrons. The summed E-state index contributed by atoms with van der Waals surface area (Å²) in [6.45, 7) is 1.35. The van der Waals surface area contributed by atoms with Crippen LogP contribution in [0.2, 0.25) is 0 Å². The van der Waals surface area contributed by atoms with Crippen molar-refractivity contribution in [3.05, 3.63) is 79.2 Å². The Morgan fingerprint density at radius 1 is 0.766 bits per heavy atom. The molecule has 2 aromatic rings. The Balaban J connectivity index is -0.0000000540. The monoisotopic (exact) mass is 1490 g/mol. The van der Waals surface area contributed by atoms with E-state index >= 15 is 0 Å². The van der Waals surface area contributed by atoms with E-state index in [2.05, 4.69) is 80.2 Å². The van der Waals surface area contributed by atoms with Crippen molar-refractivity contribution in [2.75, 3.05) is 13.1 Å². The molecule has 0 bridgehead atoms. The summed E-state index contributed by atoms with van der Waals surface area (Å²) in [4.78, 5) is 40.5. The van der Waals surface area contributed by atoms with Gasteiger partial charge in [-0.15, -0.1) is 24.0 Å². The van der Waals surface area contributed by atoms with E-state index in [1.807, 2.05) is 0 Å². The SMILES string of the molecule is C.I.II.I[I-]I.NCCCC[C@H](N)C(=O)O.N[C@@H](CCC[NH3+])C(=O)O.O=C(O)c1ccccc1.O=C([O-])c1ccccc1.[CH3-].[Y].[Y]. The van der Waals surface area contributed by atoms with Crippen molar-refractivity contribution in [1.82, 2.24) is 0 Å². The Morgan fingerprint density at radius 2 is 1.09 bits per heavy atom. The van der Waals surface area contributed by atoms with E-state index in [1.165, 1.54) is 12.1 Å². The molecule has 0 saturated carbocycles. The van der Waals surface area contributed by atoms with E-state index in [-0.39, 0.29) is 110 Å². The van der Waals surface area contributed by atoms with Gasteiger partial charge in [-0.1, -0.05) is 62.4 Å². The summed E-state index contributed by atoms with van der Waals surface area (Å²) in [5.74, 6) is -3.87. The second-order valence-corrected chi connectivity index (χ2v) is 23.8. The number of carboxylic acid groups (broad SMARTS) is 4. The Morgan fingerprint density at radius 3 is 1.30 bits per heavy atom. The predicted octanol–water partition coefficient (Wildman–Crippen LogP) is 1.63. The molecule has 272 valence electrons. The Labute approximate surface area is 400 Å². The molecule has 0 saturated heterocycles. The Hall–Kier alpha value is 2.75. The average Bonchev–Trinajstić information content (AvgIpc) is 2.99. The van der Waals surface area contributed by atoms with Gasteiger partial charge in [0.15, 0.2) is 0 Å². The molecule has 0 aliphatic heterocycles. The van der Waals surface area contributed by atoms with Crippen LogP contribution < -0.4 is 41.3 Å². The first-order valence-electron chi connectivity index (χ1n) is 11.9. The quantitative estimate of drug-likeness (QED) is 0.0967. The molecule has 0 spiro atoms. The van der Waals surface area contributed by atoms with Crippen LogP contribution in [-0.2, 0) is 75.0 Å². The van der Waals surface area contributed by atoms with Crippen LogP contribution in [0.3, 0.4) is 0 Å². The molecule has 12 nitrogen and oxygen atoms in total. The minimum atomic E-state index is -1.13. The fraction of sp³-hybridized carbons (Fsp3) is 0.370. The molecule has 2 aromatic carbocycles. The number of rotatable bonds is 11. The first-order valence-corrected chi connectivity index (χ1v) is 30.8. The predicted molar refractivity (Wildman–Crippen MR) is 220 cm³/mol. The molecule has 0 aliphatic rings. The van der Waals surface area contributed by atoms with Crippen LogP contribution >= 0.6 is 98.4 Å². The number of benzene rings is 2. The van der Waals surface area contributed by atoms with Crippen LogP contribution in [0.5, 0.6) is 0 Å². The summed E-state index contributed by atoms with van der Waals surface area (Å²) in [7, 11) is 0. The van der Waals surface area contributed by atoms with Crippen LogP contribution in [-0.4, -0.2) is 64.4 Å². The summed E-state index contributed by atoms with van der Waals surface area (Å²) in [6.07, 6.45) is 3.48. The third kappa shape index (κ3) is 55.7. The molecule has 0 aliphatic carbocycles. The van der Waals surface area contributed by atoms with Crippen molar-refractivity contribution in [3.63, 3.8) is 0 Å². The fourth-order valence-electron chi connectivity index (χ4n) is 2.27. The number of nitrogens with two attached hydrogens (primary N) is 3.